The van der Waals surface area contributed by atoms with Crippen LogP contribution in [0.2, 0.25) is 0 Å². The molecule has 0 aromatic carbocycles. The lowest BCUT2D eigenvalue weighted by Gasteiger charge is -2.12. The summed E-state index contributed by atoms with van der Waals surface area (Å²) in [6.45, 7) is 3.75. The van der Waals surface area contributed by atoms with Gasteiger partial charge in [0.25, 0.3) is 0 Å². The molecular weight excluding hydrogens is 198 g/mol. The maximum atomic E-state index is 10.2. The average Bonchev–Trinajstić information content (AvgIpc) is 2.20. The SMILES string of the molecule is CC(C)C(=O)O.O=C(O)N1C=CC=CC1. The molecule has 0 unspecified atom stereocenters. The zero-order valence-electron chi connectivity index (χ0n) is 8.75. The molecule has 0 saturated heterocycles. The van der Waals surface area contributed by atoms with Gasteiger partial charge in [0.05, 0.1) is 5.92 Å². The van der Waals surface area contributed by atoms with Crippen molar-refractivity contribution < 1.29 is 19.8 Å². The van der Waals surface area contributed by atoms with Crippen molar-refractivity contribution in [3.63, 3.8) is 0 Å². The van der Waals surface area contributed by atoms with E-state index < -0.39 is 12.1 Å². The monoisotopic (exact) mass is 213 g/mol. The number of carboxylic acids is 1. The van der Waals surface area contributed by atoms with Crippen LogP contribution in [-0.2, 0) is 4.79 Å². The summed E-state index contributed by atoms with van der Waals surface area (Å²) >= 11 is 0. The molecule has 0 aromatic rings. The number of carboxylic acid groups (broad SMARTS) is 2. The maximum Gasteiger partial charge on any atom is 0.411 e. The zero-order valence-corrected chi connectivity index (χ0v) is 8.75. The highest BCUT2D eigenvalue weighted by Gasteiger charge is 2.05. The van der Waals surface area contributed by atoms with E-state index in [-0.39, 0.29) is 5.92 Å². The van der Waals surface area contributed by atoms with Gasteiger partial charge in [-0.1, -0.05) is 26.0 Å². The van der Waals surface area contributed by atoms with Crippen LogP contribution in [0.1, 0.15) is 13.8 Å². The Morgan fingerprint density at radius 2 is 1.80 bits per heavy atom. The lowest BCUT2D eigenvalue weighted by molar-refractivity contribution is -0.140. The number of carbonyl (C=O) groups is 2. The molecule has 2 N–H and O–H groups in total. The molecule has 1 rings (SSSR count). The third kappa shape index (κ3) is 6.31. The van der Waals surface area contributed by atoms with Crippen LogP contribution >= 0.6 is 0 Å². The molecule has 0 radical (unpaired) electrons. The zero-order chi connectivity index (χ0) is 11.8. The van der Waals surface area contributed by atoms with Gasteiger partial charge in [-0.25, -0.2) is 4.79 Å². The first-order valence-corrected chi connectivity index (χ1v) is 4.51. The Balaban J connectivity index is 0.000000288. The third-order valence-electron chi connectivity index (χ3n) is 1.55. The van der Waals surface area contributed by atoms with Crippen molar-refractivity contribution in [3.05, 3.63) is 24.4 Å². The molecule has 0 aliphatic carbocycles. The molecule has 1 heterocycles. The van der Waals surface area contributed by atoms with Gasteiger partial charge in [0, 0.05) is 12.7 Å². The topological polar surface area (TPSA) is 77.8 Å². The van der Waals surface area contributed by atoms with Crippen molar-refractivity contribution in [2.45, 2.75) is 13.8 Å². The van der Waals surface area contributed by atoms with E-state index in [9.17, 15) is 9.59 Å². The Morgan fingerprint density at radius 1 is 1.27 bits per heavy atom. The van der Waals surface area contributed by atoms with Crippen LogP contribution in [0.4, 0.5) is 4.79 Å². The number of rotatable bonds is 1. The number of amides is 1. The lowest BCUT2D eigenvalue weighted by Crippen LogP contribution is -2.24. The van der Waals surface area contributed by atoms with Crippen molar-refractivity contribution in [1.82, 2.24) is 4.90 Å². The number of allylic oxidation sites excluding steroid dienone is 2. The van der Waals surface area contributed by atoms with Crippen LogP contribution in [-0.4, -0.2) is 33.7 Å². The molecule has 15 heavy (non-hydrogen) atoms. The molecule has 0 spiro atoms. The second kappa shape index (κ2) is 6.64. The summed E-state index contributed by atoms with van der Waals surface area (Å²) in [6.07, 6.45) is 5.92. The average molecular weight is 213 g/mol. The normalized spacial score (nSPS) is 13.4. The van der Waals surface area contributed by atoms with Gasteiger partial charge in [-0.05, 0) is 6.08 Å². The molecule has 1 aliphatic heterocycles. The molecule has 0 fully saturated rings. The molecule has 1 amide bonds. The molecule has 5 heteroatoms. The third-order valence-corrected chi connectivity index (χ3v) is 1.55. The van der Waals surface area contributed by atoms with Crippen LogP contribution in [0, 0.1) is 5.92 Å². The number of hydrogen-bond donors (Lipinski definition) is 2. The first-order valence-electron chi connectivity index (χ1n) is 4.51. The summed E-state index contributed by atoms with van der Waals surface area (Å²) in [4.78, 5) is 21.1. The van der Waals surface area contributed by atoms with Crippen molar-refractivity contribution in [3.8, 4) is 0 Å². The van der Waals surface area contributed by atoms with Gasteiger partial charge in [-0.15, -0.1) is 0 Å². The van der Waals surface area contributed by atoms with Crippen LogP contribution in [0.5, 0.6) is 0 Å². The highest BCUT2D eigenvalue weighted by molar-refractivity contribution is 5.68. The minimum Gasteiger partial charge on any atom is -0.481 e. The summed E-state index contributed by atoms with van der Waals surface area (Å²) in [7, 11) is 0. The molecule has 5 nitrogen and oxygen atoms in total. The standard InChI is InChI=1S/C6H7NO2.C4H8O2/c8-6(9)7-4-2-1-3-5-7;1-3(2)4(5)6/h1-4H,5H2,(H,8,9);3H,1-2H3,(H,5,6). The van der Waals surface area contributed by atoms with E-state index in [0.29, 0.717) is 6.54 Å². The highest BCUT2D eigenvalue weighted by atomic mass is 16.4. The smallest absolute Gasteiger partial charge is 0.411 e. The van der Waals surface area contributed by atoms with Gasteiger partial charge in [0.2, 0.25) is 0 Å². The lowest BCUT2D eigenvalue weighted by atomic mass is 10.2. The van der Waals surface area contributed by atoms with E-state index in [1.165, 1.54) is 11.1 Å². The Hall–Kier alpha value is -1.78. The predicted molar refractivity (Wildman–Crippen MR) is 55.5 cm³/mol. The predicted octanol–water partition coefficient (Wildman–Crippen LogP) is 1.78. The van der Waals surface area contributed by atoms with E-state index in [0.717, 1.165) is 0 Å². The summed E-state index contributed by atoms with van der Waals surface area (Å²) in [5, 5.41) is 16.4. The first kappa shape index (κ1) is 13.2. The number of aliphatic carboxylic acids is 1. The Labute approximate surface area is 88.3 Å². The van der Waals surface area contributed by atoms with Crippen LogP contribution in [0.15, 0.2) is 24.4 Å². The van der Waals surface area contributed by atoms with Gasteiger partial charge in [-0.2, -0.15) is 0 Å². The summed E-state index contributed by atoms with van der Waals surface area (Å²) in [5.74, 6) is -0.972. The molecule has 84 valence electrons. The van der Waals surface area contributed by atoms with E-state index in [2.05, 4.69) is 0 Å². The second-order valence-electron chi connectivity index (χ2n) is 3.20. The molecule has 0 saturated carbocycles. The van der Waals surface area contributed by atoms with Gasteiger partial charge in [0.15, 0.2) is 0 Å². The van der Waals surface area contributed by atoms with Gasteiger partial charge in [0.1, 0.15) is 0 Å². The van der Waals surface area contributed by atoms with Crippen molar-refractivity contribution in [2.24, 2.45) is 5.92 Å². The summed E-state index contributed by atoms with van der Waals surface area (Å²) < 4.78 is 0. The van der Waals surface area contributed by atoms with E-state index in [1.54, 1.807) is 26.0 Å². The second-order valence-corrected chi connectivity index (χ2v) is 3.20. The van der Waals surface area contributed by atoms with E-state index in [1.807, 2.05) is 6.08 Å². The minimum absolute atomic E-state index is 0.231. The fourth-order valence-electron chi connectivity index (χ4n) is 0.609. The Bertz CT molecular complexity index is 281. The minimum atomic E-state index is -0.907. The van der Waals surface area contributed by atoms with Crippen molar-refractivity contribution in [1.29, 1.82) is 0 Å². The van der Waals surface area contributed by atoms with Crippen LogP contribution < -0.4 is 0 Å². The fraction of sp³-hybridized carbons (Fsp3) is 0.400. The van der Waals surface area contributed by atoms with Crippen LogP contribution in [0.25, 0.3) is 0 Å². The van der Waals surface area contributed by atoms with Crippen molar-refractivity contribution >= 4 is 12.1 Å². The quantitative estimate of drug-likeness (QED) is 0.695. The Morgan fingerprint density at radius 3 is 2.00 bits per heavy atom. The highest BCUT2D eigenvalue weighted by Crippen LogP contribution is 1.97. The van der Waals surface area contributed by atoms with Crippen molar-refractivity contribution in [2.75, 3.05) is 6.54 Å². The van der Waals surface area contributed by atoms with Crippen LogP contribution in [0.3, 0.4) is 0 Å². The molecule has 0 bridgehead atoms. The molecule has 1 aliphatic rings. The van der Waals surface area contributed by atoms with Gasteiger partial charge in [-0.3, -0.25) is 9.69 Å². The van der Waals surface area contributed by atoms with Gasteiger partial charge >= 0.3 is 12.1 Å². The van der Waals surface area contributed by atoms with E-state index in [4.69, 9.17) is 10.2 Å². The fourth-order valence-corrected chi connectivity index (χ4v) is 0.609. The molecule has 0 aromatic heterocycles. The summed E-state index contributed by atoms with van der Waals surface area (Å²) in [6, 6.07) is 0. The summed E-state index contributed by atoms with van der Waals surface area (Å²) in [5.41, 5.74) is 0. The van der Waals surface area contributed by atoms with E-state index >= 15 is 0 Å². The maximum absolute atomic E-state index is 10.2. The molecular formula is C10H15NO4. The Kier molecular flexibility index (Phi) is 5.85. The number of nitrogens with zero attached hydrogens (tertiary/aromatic N) is 1. The number of hydrogen-bond acceptors (Lipinski definition) is 2. The molecule has 0 atom stereocenters. The largest absolute Gasteiger partial charge is 0.481 e. The first-order chi connectivity index (χ1) is 6.95. The van der Waals surface area contributed by atoms with Gasteiger partial charge < -0.3 is 10.2 Å².